The molecule has 0 saturated heterocycles. The fourth-order valence-corrected chi connectivity index (χ4v) is 4.65. The zero-order valence-electron chi connectivity index (χ0n) is 9.55. The third-order valence-corrected chi connectivity index (χ3v) is 7.01. The molecule has 0 amide bonds. The van der Waals surface area contributed by atoms with E-state index in [2.05, 4.69) is 0 Å². The van der Waals surface area contributed by atoms with Crippen LogP contribution in [0.4, 0.5) is 0 Å². The Morgan fingerprint density at radius 3 is 1.76 bits per heavy atom. The molecular weight excluding hydrogens is 268 g/mol. The summed E-state index contributed by atoms with van der Waals surface area (Å²) in [5.74, 6) is 0. The van der Waals surface area contributed by atoms with Crippen LogP contribution in [0, 0.1) is 0 Å². The molecule has 1 fully saturated rings. The fourth-order valence-electron chi connectivity index (χ4n) is 2.17. The maximum absolute atomic E-state index is 9.09. The summed E-state index contributed by atoms with van der Waals surface area (Å²) in [4.78, 5) is 54.6. The van der Waals surface area contributed by atoms with Gasteiger partial charge in [0.15, 0.2) is 6.54 Å². The minimum Gasteiger partial charge on any atom is -0.337 e. The van der Waals surface area contributed by atoms with Crippen LogP contribution in [-0.4, -0.2) is 47.3 Å². The molecule has 17 heavy (non-hydrogen) atoms. The average Bonchev–Trinajstić information content (AvgIpc) is 2.15. The molecule has 0 heterocycles. The normalized spacial score (nSPS) is 19.9. The zero-order valence-corrected chi connectivity index (χ0v) is 11.3. The van der Waals surface area contributed by atoms with Crippen molar-refractivity contribution in [2.45, 2.75) is 43.5 Å². The molecule has 1 rings (SSSR count). The molecule has 9 heteroatoms. The summed E-state index contributed by atoms with van der Waals surface area (Å²) in [5, 5.41) is 0.0930. The summed E-state index contributed by atoms with van der Waals surface area (Å²) in [6.07, 6.45) is 5.34. The highest BCUT2D eigenvalue weighted by Gasteiger charge is 2.65. The van der Waals surface area contributed by atoms with Crippen LogP contribution in [0.25, 0.3) is 0 Å². The lowest BCUT2D eigenvalue weighted by Gasteiger charge is -2.22. The van der Waals surface area contributed by atoms with E-state index >= 15 is 0 Å². The first kappa shape index (κ1) is 15.6. The highest BCUT2D eigenvalue weighted by atomic mass is 31.3. The number of quaternary nitrogens is 1. The Labute approximate surface area is 101 Å². The van der Waals surface area contributed by atoms with E-state index < -0.39 is 21.3 Å². The summed E-state index contributed by atoms with van der Waals surface area (Å²) in [7, 11) is -8.89. The van der Waals surface area contributed by atoms with Gasteiger partial charge < -0.3 is 5.32 Å². The molecule has 0 radical (unpaired) electrons. The van der Waals surface area contributed by atoms with Gasteiger partial charge in [-0.25, -0.2) is 0 Å². The Hall–Kier alpha value is 0.580. The van der Waals surface area contributed by atoms with Gasteiger partial charge in [0.1, 0.15) is 0 Å². The van der Waals surface area contributed by atoms with Gasteiger partial charge in [-0.2, -0.15) is 29.4 Å². The van der Waals surface area contributed by atoms with Gasteiger partial charge in [-0.1, -0.05) is 6.42 Å². The Morgan fingerprint density at radius 2 is 1.35 bits per heavy atom. The van der Waals surface area contributed by atoms with Crippen molar-refractivity contribution < 1.29 is 34.7 Å². The molecule has 1 aliphatic carbocycles. The van der Waals surface area contributed by atoms with Gasteiger partial charge in [-0.3, -0.25) is 0 Å². The molecule has 0 spiro atoms. The van der Waals surface area contributed by atoms with Crippen LogP contribution in [0.15, 0.2) is 0 Å². The molecular formula is C8H22NO6P2+3. The molecule has 0 bridgehead atoms. The lowest BCUT2D eigenvalue weighted by atomic mass is 9.96. The molecule has 0 aromatic rings. The summed E-state index contributed by atoms with van der Waals surface area (Å²) < 4.78 is 0. The second-order valence-corrected chi connectivity index (χ2v) is 8.69. The summed E-state index contributed by atoms with van der Waals surface area (Å²) >= 11 is 0. The molecule has 0 aliphatic heterocycles. The lowest BCUT2D eigenvalue weighted by Crippen LogP contribution is -2.92. The Morgan fingerprint density at radius 1 is 0.882 bits per heavy atom. The van der Waals surface area contributed by atoms with Gasteiger partial charge >= 0.3 is 21.3 Å². The molecule has 0 aromatic heterocycles. The third kappa shape index (κ3) is 5.39. The summed E-state index contributed by atoms with van der Waals surface area (Å²) in [6.45, 7) is -0.0980. The summed E-state index contributed by atoms with van der Waals surface area (Å²) in [5.41, 5.74) is 0. The van der Waals surface area contributed by atoms with Gasteiger partial charge in [0.25, 0.3) is 0 Å². The first-order valence-corrected chi connectivity index (χ1v) is 9.12. The Kier molecular flexibility index (Phi) is 5.66. The van der Waals surface area contributed by atoms with Gasteiger partial charge in [0, 0.05) is 0 Å². The van der Waals surface area contributed by atoms with Gasteiger partial charge in [0.05, 0.1) is 6.04 Å². The molecule has 7 nitrogen and oxygen atoms in total. The summed E-state index contributed by atoms with van der Waals surface area (Å²) in [6, 6.07) is 0.282. The van der Waals surface area contributed by atoms with E-state index in [1.165, 1.54) is 6.42 Å². The van der Waals surface area contributed by atoms with Crippen molar-refractivity contribution in [1.29, 1.82) is 0 Å². The number of nitrogens with two attached hydrogens (primary N) is 1. The Balaban J connectivity index is 2.49. The van der Waals surface area contributed by atoms with Crippen molar-refractivity contribution in [3.05, 3.63) is 0 Å². The molecule has 102 valence electrons. The smallest absolute Gasteiger partial charge is 0.337 e. The fraction of sp³-hybridized carbons (Fsp3) is 1.00. The van der Waals surface area contributed by atoms with Gasteiger partial charge in [-0.05, 0) is 25.7 Å². The van der Waals surface area contributed by atoms with Crippen molar-refractivity contribution in [2.75, 3.05) is 6.54 Å². The van der Waals surface area contributed by atoms with Crippen LogP contribution in [0.3, 0.4) is 0 Å². The van der Waals surface area contributed by atoms with Crippen LogP contribution in [0.1, 0.15) is 32.1 Å². The van der Waals surface area contributed by atoms with Crippen LogP contribution < -0.4 is 5.32 Å². The van der Waals surface area contributed by atoms with Crippen LogP contribution in [0.2, 0.25) is 0 Å². The second kappa shape index (κ2) is 6.15. The number of hydrogen-bond donors (Lipinski definition) is 7. The predicted octanol–water partition coefficient (Wildman–Crippen LogP) is -1.31. The molecule has 1 aliphatic rings. The van der Waals surface area contributed by atoms with Gasteiger partial charge in [-0.15, -0.1) is 0 Å². The van der Waals surface area contributed by atoms with Crippen molar-refractivity contribution in [1.82, 2.24) is 0 Å². The predicted molar refractivity (Wildman–Crippen MR) is 64.6 cm³/mol. The molecule has 0 unspecified atom stereocenters. The maximum Gasteiger partial charge on any atom is 0.461 e. The Bertz CT molecular complexity index is 221. The third-order valence-electron chi connectivity index (χ3n) is 3.13. The van der Waals surface area contributed by atoms with E-state index in [0.29, 0.717) is 0 Å². The second-order valence-electron chi connectivity index (χ2n) is 4.58. The number of hydrogen-bond acceptors (Lipinski definition) is 6. The van der Waals surface area contributed by atoms with E-state index in [-0.39, 0.29) is 12.6 Å². The topological polar surface area (TPSA) is 138 Å². The van der Waals surface area contributed by atoms with E-state index in [1.807, 2.05) is 0 Å². The zero-order chi connectivity index (χ0) is 13.1. The van der Waals surface area contributed by atoms with E-state index in [9.17, 15) is 0 Å². The van der Waals surface area contributed by atoms with Crippen LogP contribution in [-0.2, 0) is 0 Å². The van der Waals surface area contributed by atoms with E-state index in [4.69, 9.17) is 29.4 Å². The van der Waals surface area contributed by atoms with E-state index in [1.54, 1.807) is 5.32 Å². The highest BCUT2D eigenvalue weighted by Crippen LogP contribution is 2.68. The van der Waals surface area contributed by atoms with Crippen molar-refractivity contribution in [3.63, 3.8) is 0 Å². The lowest BCUT2D eigenvalue weighted by molar-refractivity contribution is -0.690. The first-order valence-electron chi connectivity index (χ1n) is 5.68. The molecule has 0 aromatic carbocycles. The highest BCUT2D eigenvalue weighted by molar-refractivity contribution is 7.77. The monoisotopic (exact) mass is 290 g/mol. The quantitative estimate of drug-likeness (QED) is 0.314. The largest absolute Gasteiger partial charge is 0.461 e. The van der Waals surface area contributed by atoms with Crippen LogP contribution in [0.5, 0.6) is 0 Å². The first-order chi connectivity index (χ1) is 7.71. The minimum atomic E-state index is -4.45. The van der Waals surface area contributed by atoms with Crippen molar-refractivity contribution in [2.24, 2.45) is 0 Å². The van der Waals surface area contributed by atoms with E-state index in [0.717, 1.165) is 25.7 Å². The molecule has 8 N–H and O–H groups in total. The minimum absolute atomic E-state index is 0.0980. The standard InChI is InChI=1S/C8H21NO6P2/c10-16(11,12)8(17(13,14)15)6-9-7-4-2-1-3-5-7/h7-15H,1-6H2/q+2/p+1. The number of rotatable bonds is 5. The van der Waals surface area contributed by atoms with Gasteiger partial charge in [0.2, 0.25) is 0 Å². The SMILES string of the molecule is O[P+](O)(O)C(C[NH2+]C1CCCCC1)[P+](O)(O)O. The van der Waals surface area contributed by atoms with Crippen LogP contribution >= 0.6 is 15.9 Å². The maximum atomic E-state index is 9.09. The van der Waals surface area contributed by atoms with Crippen molar-refractivity contribution >= 4 is 15.9 Å². The van der Waals surface area contributed by atoms with Crippen molar-refractivity contribution in [3.8, 4) is 0 Å². The molecule has 0 atom stereocenters. The molecule has 1 saturated carbocycles. The average molecular weight is 290 g/mol.